The standard InChI is InChI=1S/C11H17F2NO2/c1-10(6-16-10)9(15)8(14)4-7-2-3-11(12,13)5-7/h7-8H,2-6,14H2,1H3/t7-,8-,10+/m0/s1. The van der Waals surface area contributed by atoms with Gasteiger partial charge in [-0.05, 0) is 25.7 Å². The van der Waals surface area contributed by atoms with Crippen LogP contribution in [-0.2, 0) is 9.53 Å². The van der Waals surface area contributed by atoms with Crippen molar-refractivity contribution in [1.82, 2.24) is 0 Å². The first-order valence-electron chi connectivity index (χ1n) is 5.64. The first kappa shape index (κ1) is 11.9. The Labute approximate surface area is 93.3 Å². The molecule has 2 fully saturated rings. The van der Waals surface area contributed by atoms with Crippen molar-refractivity contribution in [2.75, 3.05) is 6.61 Å². The third-order valence-corrected chi connectivity index (χ3v) is 3.53. The molecule has 2 rings (SSSR count). The number of carbonyl (C=O) groups is 1. The van der Waals surface area contributed by atoms with Gasteiger partial charge in [-0.1, -0.05) is 0 Å². The Morgan fingerprint density at radius 2 is 2.25 bits per heavy atom. The van der Waals surface area contributed by atoms with Gasteiger partial charge in [-0.15, -0.1) is 0 Å². The summed E-state index contributed by atoms with van der Waals surface area (Å²) >= 11 is 0. The van der Waals surface area contributed by atoms with E-state index in [0.29, 0.717) is 19.4 Å². The molecule has 0 bridgehead atoms. The molecule has 2 N–H and O–H groups in total. The summed E-state index contributed by atoms with van der Waals surface area (Å²) in [6.45, 7) is 2.10. The van der Waals surface area contributed by atoms with Gasteiger partial charge in [-0.2, -0.15) is 0 Å². The summed E-state index contributed by atoms with van der Waals surface area (Å²) < 4.78 is 30.9. The molecule has 16 heavy (non-hydrogen) atoms. The molecule has 0 radical (unpaired) electrons. The van der Waals surface area contributed by atoms with Crippen LogP contribution in [0, 0.1) is 5.92 Å². The van der Waals surface area contributed by atoms with Crippen molar-refractivity contribution >= 4 is 5.78 Å². The molecule has 1 saturated carbocycles. The minimum Gasteiger partial charge on any atom is -0.362 e. The van der Waals surface area contributed by atoms with Gasteiger partial charge >= 0.3 is 0 Å². The molecule has 1 aliphatic heterocycles. The molecular formula is C11H17F2NO2. The average molecular weight is 233 g/mol. The Kier molecular flexibility index (Phi) is 2.78. The number of halogens is 2. The lowest BCUT2D eigenvalue weighted by molar-refractivity contribution is -0.125. The van der Waals surface area contributed by atoms with Crippen LogP contribution in [0.5, 0.6) is 0 Å². The van der Waals surface area contributed by atoms with Crippen molar-refractivity contribution in [3.05, 3.63) is 0 Å². The lowest BCUT2D eigenvalue weighted by atomic mass is 9.91. The van der Waals surface area contributed by atoms with Crippen LogP contribution >= 0.6 is 0 Å². The summed E-state index contributed by atoms with van der Waals surface area (Å²) in [4.78, 5) is 11.7. The maximum Gasteiger partial charge on any atom is 0.248 e. The van der Waals surface area contributed by atoms with Crippen molar-refractivity contribution in [2.24, 2.45) is 11.7 Å². The smallest absolute Gasteiger partial charge is 0.248 e. The number of hydrogen-bond acceptors (Lipinski definition) is 3. The van der Waals surface area contributed by atoms with Crippen LogP contribution in [0.2, 0.25) is 0 Å². The lowest BCUT2D eigenvalue weighted by Gasteiger charge is -2.17. The predicted octanol–water partition coefficient (Wildman–Crippen LogP) is 1.50. The zero-order chi connectivity index (χ0) is 12.0. The minimum atomic E-state index is -2.56. The second-order valence-corrected chi connectivity index (χ2v) is 5.19. The van der Waals surface area contributed by atoms with Gasteiger partial charge < -0.3 is 10.5 Å². The molecule has 2 aliphatic rings. The van der Waals surface area contributed by atoms with E-state index in [1.54, 1.807) is 6.92 Å². The Balaban J connectivity index is 1.84. The average Bonchev–Trinajstić information content (AvgIpc) is 2.84. The number of epoxide rings is 1. The molecule has 5 heteroatoms. The fourth-order valence-corrected chi connectivity index (χ4v) is 2.35. The van der Waals surface area contributed by atoms with Crippen LogP contribution in [0.4, 0.5) is 8.78 Å². The van der Waals surface area contributed by atoms with Crippen LogP contribution < -0.4 is 5.73 Å². The summed E-state index contributed by atoms with van der Waals surface area (Å²) in [5.74, 6) is -2.84. The topological polar surface area (TPSA) is 55.6 Å². The fraction of sp³-hybridized carbons (Fsp3) is 0.909. The van der Waals surface area contributed by atoms with Gasteiger partial charge in [0.2, 0.25) is 5.92 Å². The predicted molar refractivity (Wildman–Crippen MR) is 54.2 cm³/mol. The third-order valence-electron chi connectivity index (χ3n) is 3.53. The molecule has 0 aromatic rings. The monoisotopic (exact) mass is 233 g/mol. The quantitative estimate of drug-likeness (QED) is 0.748. The summed E-state index contributed by atoms with van der Waals surface area (Å²) in [6, 6.07) is -0.661. The van der Waals surface area contributed by atoms with Gasteiger partial charge in [0.25, 0.3) is 0 Å². The molecule has 0 spiro atoms. The van der Waals surface area contributed by atoms with E-state index in [9.17, 15) is 13.6 Å². The molecule has 0 unspecified atom stereocenters. The van der Waals surface area contributed by atoms with Crippen LogP contribution in [0.3, 0.4) is 0 Å². The Hall–Kier alpha value is -0.550. The van der Waals surface area contributed by atoms with E-state index in [4.69, 9.17) is 10.5 Å². The highest BCUT2D eigenvalue weighted by atomic mass is 19.3. The SMILES string of the molecule is C[C@]1(C(=O)[C@@H](N)C[C@@H]2CCC(F)(F)C2)CO1. The Morgan fingerprint density at radius 3 is 2.69 bits per heavy atom. The highest BCUT2D eigenvalue weighted by Crippen LogP contribution is 2.41. The van der Waals surface area contributed by atoms with Crippen LogP contribution in [-0.4, -0.2) is 30.0 Å². The molecular weight excluding hydrogens is 216 g/mol. The largest absolute Gasteiger partial charge is 0.362 e. The second kappa shape index (κ2) is 3.74. The maximum absolute atomic E-state index is 12.9. The number of rotatable bonds is 4. The van der Waals surface area contributed by atoms with Gasteiger partial charge in [0, 0.05) is 12.8 Å². The highest BCUT2D eigenvalue weighted by Gasteiger charge is 2.50. The second-order valence-electron chi connectivity index (χ2n) is 5.19. The van der Waals surface area contributed by atoms with Crippen LogP contribution in [0.15, 0.2) is 0 Å². The first-order valence-corrected chi connectivity index (χ1v) is 5.64. The summed E-state index contributed by atoms with van der Waals surface area (Å²) in [5.41, 5.74) is 5.00. The van der Waals surface area contributed by atoms with Crippen molar-refractivity contribution < 1.29 is 18.3 Å². The number of hydrogen-bond donors (Lipinski definition) is 1. The molecule has 0 aromatic carbocycles. The molecule has 3 nitrogen and oxygen atoms in total. The third kappa shape index (κ3) is 2.40. The Bertz CT molecular complexity index is 302. The number of ether oxygens (including phenoxy) is 1. The van der Waals surface area contributed by atoms with Crippen LogP contribution in [0.1, 0.15) is 32.6 Å². The molecule has 0 amide bonds. The summed E-state index contributed by atoms with van der Waals surface area (Å²) in [7, 11) is 0. The van der Waals surface area contributed by atoms with Gasteiger partial charge in [0.05, 0.1) is 12.6 Å². The van der Waals surface area contributed by atoms with Gasteiger partial charge in [0.1, 0.15) is 5.60 Å². The summed E-state index contributed by atoms with van der Waals surface area (Å²) in [5, 5.41) is 0. The summed E-state index contributed by atoms with van der Waals surface area (Å²) in [6.07, 6.45) is 0.608. The van der Waals surface area contributed by atoms with Crippen LogP contribution in [0.25, 0.3) is 0 Å². The molecule has 0 aromatic heterocycles. The number of Topliss-reactive ketones (excluding diaryl/α,β-unsaturated/α-hetero) is 1. The van der Waals surface area contributed by atoms with Crippen molar-refractivity contribution in [1.29, 1.82) is 0 Å². The zero-order valence-electron chi connectivity index (χ0n) is 9.34. The number of nitrogens with two attached hydrogens (primary N) is 1. The van der Waals surface area contributed by atoms with Crippen molar-refractivity contribution in [3.8, 4) is 0 Å². The van der Waals surface area contributed by atoms with E-state index < -0.39 is 17.6 Å². The van der Waals surface area contributed by atoms with E-state index >= 15 is 0 Å². The van der Waals surface area contributed by atoms with E-state index in [-0.39, 0.29) is 24.5 Å². The zero-order valence-corrected chi connectivity index (χ0v) is 9.34. The number of alkyl halides is 2. The lowest BCUT2D eigenvalue weighted by Crippen LogP contribution is -2.40. The van der Waals surface area contributed by atoms with E-state index in [1.165, 1.54) is 0 Å². The minimum absolute atomic E-state index is 0.0770. The van der Waals surface area contributed by atoms with E-state index in [1.807, 2.05) is 0 Å². The normalized spacial score (nSPS) is 38.4. The fourth-order valence-electron chi connectivity index (χ4n) is 2.35. The van der Waals surface area contributed by atoms with E-state index in [0.717, 1.165) is 0 Å². The molecule has 1 saturated heterocycles. The molecule has 1 heterocycles. The molecule has 92 valence electrons. The first-order chi connectivity index (χ1) is 7.32. The van der Waals surface area contributed by atoms with Gasteiger partial charge in [-0.25, -0.2) is 8.78 Å². The van der Waals surface area contributed by atoms with Gasteiger partial charge in [0.15, 0.2) is 5.78 Å². The molecule has 3 atom stereocenters. The Morgan fingerprint density at radius 1 is 1.62 bits per heavy atom. The van der Waals surface area contributed by atoms with E-state index in [2.05, 4.69) is 0 Å². The number of ketones is 1. The maximum atomic E-state index is 12.9. The number of carbonyl (C=O) groups excluding carboxylic acids is 1. The highest BCUT2D eigenvalue weighted by molar-refractivity contribution is 5.93. The molecule has 1 aliphatic carbocycles. The van der Waals surface area contributed by atoms with Crippen molar-refractivity contribution in [3.63, 3.8) is 0 Å². The van der Waals surface area contributed by atoms with Gasteiger partial charge in [-0.3, -0.25) is 4.79 Å². The van der Waals surface area contributed by atoms with Crippen molar-refractivity contribution in [2.45, 2.75) is 50.2 Å².